The highest BCUT2D eigenvalue weighted by Crippen LogP contribution is 2.30. The van der Waals surface area contributed by atoms with Crippen molar-refractivity contribution in [2.45, 2.75) is 64.5 Å². The molecular weight excluding hydrogens is 500 g/mol. The number of rotatable bonds is 6. The van der Waals surface area contributed by atoms with Gasteiger partial charge in [0.2, 0.25) is 0 Å². The molecule has 3 aromatic rings. The number of amides is 2. The molecule has 1 saturated carbocycles. The van der Waals surface area contributed by atoms with Gasteiger partial charge in [0, 0.05) is 38.2 Å². The molecule has 5 rings (SSSR count). The second-order valence-corrected chi connectivity index (χ2v) is 11.2. The monoisotopic (exact) mass is 536 g/mol. The molecule has 0 unspecified atom stereocenters. The highest BCUT2D eigenvalue weighted by molar-refractivity contribution is 5.78. The van der Waals surface area contributed by atoms with E-state index in [9.17, 15) is 14.4 Å². The molecule has 2 aliphatic rings. The zero-order valence-corrected chi connectivity index (χ0v) is 22.8. The summed E-state index contributed by atoms with van der Waals surface area (Å²) in [4.78, 5) is 48.9. The number of aromatic amines is 1. The third-order valence-corrected chi connectivity index (χ3v) is 7.15. The van der Waals surface area contributed by atoms with Crippen LogP contribution in [0.1, 0.15) is 63.9 Å². The normalized spacial score (nSPS) is 16.6. The lowest BCUT2D eigenvalue weighted by Crippen LogP contribution is -2.52. The predicted molar refractivity (Wildman–Crippen MR) is 145 cm³/mol. The van der Waals surface area contributed by atoms with Gasteiger partial charge in [0.1, 0.15) is 22.6 Å². The number of carbonyl (C=O) groups is 2. The van der Waals surface area contributed by atoms with Crippen molar-refractivity contribution in [3.63, 3.8) is 0 Å². The Morgan fingerprint density at radius 2 is 1.74 bits per heavy atom. The van der Waals surface area contributed by atoms with E-state index in [1.54, 1.807) is 16.0 Å². The van der Waals surface area contributed by atoms with E-state index in [-0.39, 0.29) is 30.2 Å². The van der Waals surface area contributed by atoms with Gasteiger partial charge in [-0.1, -0.05) is 31.0 Å². The Morgan fingerprint density at radius 3 is 2.46 bits per heavy atom. The molecule has 0 bridgehead atoms. The minimum Gasteiger partial charge on any atom is -0.483 e. The van der Waals surface area contributed by atoms with Crippen LogP contribution in [0.2, 0.25) is 0 Å². The van der Waals surface area contributed by atoms with E-state index in [0.29, 0.717) is 55.2 Å². The van der Waals surface area contributed by atoms with E-state index in [4.69, 9.17) is 14.5 Å². The van der Waals surface area contributed by atoms with Crippen LogP contribution in [-0.4, -0.2) is 79.9 Å². The average molecular weight is 537 g/mol. The fourth-order valence-electron chi connectivity index (χ4n) is 5.15. The summed E-state index contributed by atoms with van der Waals surface area (Å²) in [7, 11) is 0. The van der Waals surface area contributed by atoms with Crippen LogP contribution in [0.15, 0.2) is 35.3 Å². The van der Waals surface area contributed by atoms with Gasteiger partial charge in [-0.2, -0.15) is 5.10 Å². The standard InChI is InChI=1S/C28H36N6O5/c1-28(2,3)39-27(37)33-14-12-32(13-15-33)24(35)18-38-22-11-7-4-8-19(22)16-23-30-25-21(26(36)31-23)17-29-34(25)20-9-5-6-10-20/h4,7-8,11,17,20H,5-6,9-10,12-16,18H2,1-3H3,(H,30,31,36). The van der Waals surface area contributed by atoms with Crippen LogP contribution in [0, 0.1) is 0 Å². The van der Waals surface area contributed by atoms with E-state index in [1.165, 1.54) is 0 Å². The maximum Gasteiger partial charge on any atom is 0.410 e. The number of fused-ring (bicyclic) bond motifs is 1. The summed E-state index contributed by atoms with van der Waals surface area (Å²) in [5, 5.41) is 4.96. The van der Waals surface area contributed by atoms with Crippen molar-refractivity contribution in [1.82, 2.24) is 29.5 Å². The topological polar surface area (TPSA) is 123 Å². The van der Waals surface area contributed by atoms with Gasteiger partial charge in [-0.3, -0.25) is 9.59 Å². The molecule has 2 amide bonds. The van der Waals surface area contributed by atoms with Crippen LogP contribution < -0.4 is 10.3 Å². The van der Waals surface area contributed by atoms with E-state index in [1.807, 2.05) is 49.7 Å². The van der Waals surface area contributed by atoms with Crippen molar-refractivity contribution >= 4 is 23.0 Å². The van der Waals surface area contributed by atoms with E-state index in [0.717, 1.165) is 31.2 Å². The number of nitrogens with zero attached hydrogens (tertiary/aromatic N) is 5. The van der Waals surface area contributed by atoms with Gasteiger partial charge in [0.15, 0.2) is 12.3 Å². The number of carbonyl (C=O) groups excluding carboxylic acids is 2. The van der Waals surface area contributed by atoms with Gasteiger partial charge in [0.05, 0.1) is 12.2 Å². The second kappa shape index (κ2) is 11.1. The van der Waals surface area contributed by atoms with Crippen LogP contribution in [0.3, 0.4) is 0 Å². The number of para-hydroxylation sites is 1. The lowest BCUT2D eigenvalue weighted by molar-refractivity contribution is -0.135. The molecule has 1 saturated heterocycles. The number of benzene rings is 1. The van der Waals surface area contributed by atoms with Gasteiger partial charge in [-0.15, -0.1) is 0 Å². The second-order valence-electron chi connectivity index (χ2n) is 11.2. The number of aromatic nitrogens is 4. The Morgan fingerprint density at radius 1 is 1.05 bits per heavy atom. The van der Waals surface area contributed by atoms with Crippen molar-refractivity contribution < 1.29 is 19.1 Å². The van der Waals surface area contributed by atoms with Crippen LogP contribution >= 0.6 is 0 Å². The van der Waals surface area contributed by atoms with E-state index < -0.39 is 5.60 Å². The summed E-state index contributed by atoms with van der Waals surface area (Å²) in [6.45, 7) is 7.03. The maximum absolute atomic E-state index is 12.9. The smallest absolute Gasteiger partial charge is 0.410 e. The fraction of sp³-hybridized carbons (Fsp3) is 0.536. The van der Waals surface area contributed by atoms with Gasteiger partial charge in [-0.05, 0) is 39.7 Å². The van der Waals surface area contributed by atoms with Gasteiger partial charge in [0.25, 0.3) is 11.5 Å². The van der Waals surface area contributed by atoms with E-state index in [2.05, 4.69) is 10.1 Å². The van der Waals surface area contributed by atoms with Crippen molar-refractivity contribution in [2.75, 3.05) is 32.8 Å². The molecular formula is C28H36N6O5. The van der Waals surface area contributed by atoms with Crippen LogP contribution in [0.4, 0.5) is 4.79 Å². The van der Waals surface area contributed by atoms with E-state index >= 15 is 0 Å². The van der Waals surface area contributed by atoms with Crippen molar-refractivity contribution in [3.05, 3.63) is 52.2 Å². The molecule has 11 heteroatoms. The first-order valence-electron chi connectivity index (χ1n) is 13.6. The molecule has 11 nitrogen and oxygen atoms in total. The maximum atomic E-state index is 12.9. The Balaban J connectivity index is 1.22. The molecule has 1 aliphatic heterocycles. The SMILES string of the molecule is CC(C)(C)OC(=O)N1CCN(C(=O)COc2ccccc2Cc2nc3c(cnn3C3CCCC3)c(=O)[nH]2)CC1. The summed E-state index contributed by atoms with van der Waals surface area (Å²) >= 11 is 0. The third-order valence-electron chi connectivity index (χ3n) is 7.15. The highest BCUT2D eigenvalue weighted by Gasteiger charge is 2.28. The highest BCUT2D eigenvalue weighted by atomic mass is 16.6. The number of nitrogens with one attached hydrogen (secondary N) is 1. The number of ether oxygens (including phenoxy) is 2. The zero-order valence-electron chi connectivity index (χ0n) is 22.8. The Hall–Kier alpha value is -3.89. The molecule has 0 atom stereocenters. The summed E-state index contributed by atoms with van der Waals surface area (Å²) in [5.41, 5.74) is 0.657. The molecule has 0 radical (unpaired) electrons. The summed E-state index contributed by atoms with van der Waals surface area (Å²) < 4.78 is 13.3. The molecule has 3 heterocycles. The molecule has 1 N–H and O–H groups in total. The van der Waals surface area contributed by atoms with Crippen molar-refractivity contribution in [1.29, 1.82) is 0 Å². The average Bonchev–Trinajstić information content (AvgIpc) is 3.57. The molecule has 1 aromatic carbocycles. The molecule has 1 aliphatic carbocycles. The number of hydrogen-bond acceptors (Lipinski definition) is 7. The predicted octanol–water partition coefficient (Wildman–Crippen LogP) is 3.28. The molecule has 2 fully saturated rings. The Labute approximate surface area is 227 Å². The van der Waals surface area contributed by atoms with Crippen molar-refractivity contribution in [3.8, 4) is 5.75 Å². The third kappa shape index (κ3) is 6.23. The van der Waals surface area contributed by atoms with Crippen molar-refractivity contribution in [2.24, 2.45) is 0 Å². The Bertz CT molecular complexity index is 1390. The van der Waals surface area contributed by atoms with Gasteiger partial charge >= 0.3 is 6.09 Å². The minimum absolute atomic E-state index is 0.124. The zero-order chi connectivity index (χ0) is 27.6. The number of H-pyrrole nitrogens is 1. The Kier molecular flexibility index (Phi) is 7.58. The van der Waals surface area contributed by atoms with Crippen LogP contribution in [0.25, 0.3) is 11.0 Å². The first-order valence-corrected chi connectivity index (χ1v) is 13.6. The lowest BCUT2D eigenvalue weighted by atomic mass is 10.1. The summed E-state index contributed by atoms with van der Waals surface area (Å²) in [6, 6.07) is 7.72. The number of hydrogen-bond donors (Lipinski definition) is 1. The molecule has 0 spiro atoms. The van der Waals surface area contributed by atoms with Crippen LogP contribution in [-0.2, 0) is 16.0 Å². The number of piperazine rings is 1. The fourth-order valence-corrected chi connectivity index (χ4v) is 5.15. The quantitative estimate of drug-likeness (QED) is 0.513. The first-order chi connectivity index (χ1) is 18.7. The molecule has 208 valence electrons. The lowest BCUT2D eigenvalue weighted by Gasteiger charge is -2.35. The first kappa shape index (κ1) is 26.7. The van der Waals surface area contributed by atoms with Gasteiger partial charge in [-0.25, -0.2) is 14.5 Å². The minimum atomic E-state index is -0.559. The molecule has 2 aromatic heterocycles. The molecule has 39 heavy (non-hydrogen) atoms. The van der Waals surface area contributed by atoms with Crippen LogP contribution in [0.5, 0.6) is 5.75 Å². The summed E-state index contributed by atoms with van der Waals surface area (Å²) in [5.74, 6) is 0.931. The van der Waals surface area contributed by atoms with Gasteiger partial charge < -0.3 is 24.3 Å². The largest absolute Gasteiger partial charge is 0.483 e. The summed E-state index contributed by atoms with van der Waals surface area (Å²) in [6.07, 6.45) is 5.98.